The molecule has 0 radical (unpaired) electrons. The molecule has 122 valence electrons. The van der Waals surface area contributed by atoms with E-state index in [0.29, 0.717) is 0 Å². The van der Waals surface area contributed by atoms with E-state index in [-0.39, 0.29) is 0 Å². The standard InChI is InChI=1S/C17H21N3O2S/c1-21-15-6-4-5-12(16(15)22-2)10-20-8-7-14-13(11-20)9-18-17(19-14)23-3/h4-6,9H,7-8,10-11H2,1-3H3. The third-order valence-electron chi connectivity index (χ3n) is 4.05. The van der Waals surface area contributed by atoms with Gasteiger partial charge in [-0.3, -0.25) is 4.90 Å². The van der Waals surface area contributed by atoms with Crippen LogP contribution in [0.2, 0.25) is 0 Å². The van der Waals surface area contributed by atoms with E-state index < -0.39 is 0 Å². The van der Waals surface area contributed by atoms with Gasteiger partial charge in [-0.1, -0.05) is 23.9 Å². The fourth-order valence-electron chi connectivity index (χ4n) is 2.91. The molecular formula is C17H21N3O2S. The lowest BCUT2D eigenvalue weighted by Crippen LogP contribution is -2.31. The summed E-state index contributed by atoms with van der Waals surface area (Å²) in [5.74, 6) is 1.59. The van der Waals surface area contributed by atoms with E-state index in [4.69, 9.17) is 9.47 Å². The molecule has 0 aliphatic carbocycles. The molecule has 3 rings (SSSR count). The van der Waals surface area contributed by atoms with Crippen LogP contribution < -0.4 is 9.47 Å². The summed E-state index contributed by atoms with van der Waals surface area (Å²) in [7, 11) is 3.35. The van der Waals surface area contributed by atoms with Crippen molar-refractivity contribution in [2.45, 2.75) is 24.7 Å². The molecule has 1 aliphatic rings. The highest BCUT2D eigenvalue weighted by molar-refractivity contribution is 7.98. The van der Waals surface area contributed by atoms with Gasteiger partial charge in [0.1, 0.15) is 0 Å². The van der Waals surface area contributed by atoms with Gasteiger partial charge in [0.2, 0.25) is 0 Å². The minimum atomic E-state index is 0.773. The molecular weight excluding hydrogens is 310 g/mol. The van der Waals surface area contributed by atoms with Gasteiger partial charge >= 0.3 is 0 Å². The molecule has 2 aromatic rings. The van der Waals surface area contributed by atoms with E-state index in [1.165, 1.54) is 11.3 Å². The van der Waals surface area contributed by atoms with Gasteiger partial charge in [-0.2, -0.15) is 0 Å². The van der Waals surface area contributed by atoms with Crippen LogP contribution in [0.25, 0.3) is 0 Å². The van der Waals surface area contributed by atoms with Crippen molar-refractivity contribution in [1.82, 2.24) is 14.9 Å². The zero-order valence-electron chi connectivity index (χ0n) is 13.7. The number of fused-ring (bicyclic) bond motifs is 1. The van der Waals surface area contributed by atoms with E-state index in [9.17, 15) is 0 Å². The molecule has 5 nitrogen and oxygen atoms in total. The summed E-state index contributed by atoms with van der Waals surface area (Å²) in [6, 6.07) is 6.01. The number of hydrogen-bond acceptors (Lipinski definition) is 6. The van der Waals surface area contributed by atoms with E-state index in [1.54, 1.807) is 26.0 Å². The molecule has 0 amide bonds. The Bertz CT molecular complexity index is 694. The number of thioether (sulfide) groups is 1. The Balaban J connectivity index is 1.77. The highest BCUT2D eigenvalue weighted by atomic mass is 32.2. The minimum absolute atomic E-state index is 0.773. The van der Waals surface area contributed by atoms with Crippen LogP contribution in [-0.2, 0) is 19.5 Å². The molecule has 1 aromatic carbocycles. The van der Waals surface area contributed by atoms with Crippen LogP contribution in [-0.4, -0.2) is 41.9 Å². The van der Waals surface area contributed by atoms with Gasteiger partial charge in [-0.25, -0.2) is 9.97 Å². The fraction of sp³-hybridized carbons (Fsp3) is 0.412. The highest BCUT2D eigenvalue weighted by Gasteiger charge is 2.20. The van der Waals surface area contributed by atoms with Crippen LogP contribution in [0.1, 0.15) is 16.8 Å². The average Bonchev–Trinajstić information content (AvgIpc) is 2.60. The van der Waals surface area contributed by atoms with Gasteiger partial charge in [0.15, 0.2) is 16.7 Å². The minimum Gasteiger partial charge on any atom is -0.493 e. The van der Waals surface area contributed by atoms with Crippen molar-refractivity contribution in [3.05, 3.63) is 41.2 Å². The highest BCUT2D eigenvalue weighted by Crippen LogP contribution is 2.32. The molecule has 0 N–H and O–H groups in total. The molecule has 0 unspecified atom stereocenters. The Hall–Kier alpha value is -1.79. The smallest absolute Gasteiger partial charge is 0.187 e. The second-order valence-electron chi connectivity index (χ2n) is 5.44. The Morgan fingerprint density at radius 3 is 2.87 bits per heavy atom. The lowest BCUT2D eigenvalue weighted by atomic mass is 10.1. The van der Waals surface area contributed by atoms with Gasteiger partial charge in [0, 0.05) is 43.4 Å². The first-order valence-electron chi connectivity index (χ1n) is 7.56. The van der Waals surface area contributed by atoms with Crippen LogP contribution >= 0.6 is 11.8 Å². The molecule has 0 fully saturated rings. The van der Waals surface area contributed by atoms with Crippen molar-refractivity contribution in [2.75, 3.05) is 27.0 Å². The van der Waals surface area contributed by atoms with Crippen LogP contribution in [0.3, 0.4) is 0 Å². The number of nitrogens with zero attached hydrogens (tertiary/aromatic N) is 3. The molecule has 0 saturated carbocycles. The quantitative estimate of drug-likeness (QED) is 0.620. The first-order chi connectivity index (χ1) is 11.2. The van der Waals surface area contributed by atoms with Gasteiger partial charge in [-0.05, 0) is 12.3 Å². The Morgan fingerprint density at radius 1 is 1.26 bits per heavy atom. The molecule has 0 atom stereocenters. The lowest BCUT2D eigenvalue weighted by Gasteiger charge is -2.28. The number of benzene rings is 1. The number of ether oxygens (including phenoxy) is 2. The number of para-hydroxylation sites is 1. The Labute approximate surface area is 141 Å². The third kappa shape index (κ3) is 3.43. The molecule has 6 heteroatoms. The van der Waals surface area contributed by atoms with Gasteiger partial charge < -0.3 is 9.47 Å². The topological polar surface area (TPSA) is 47.5 Å². The van der Waals surface area contributed by atoms with E-state index in [1.807, 2.05) is 24.6 Å². The van der Waals surface area contributed by atoms with E-state index in [2.05, 4.69) is 20.9 Å². The van der Waals surface area contributed by atoms with E-state index in [0.717, 1.165) is 48.3 Å². The van der Waals surface area contributed by atoms with Gasteiger partial charge in [-0.15, -0.1) is 0 Å². The second-order valence-corrected chi connectivity index (χ2v) is 6.22. The SMILES string of the molecule is COc1cccc(CN2CCc3nc(SC)ncc3C2)c1OC. The van der Waals surface area contributed by atoms with Crippen molar-refractivity contribution in [3.63, 3.8) is 0 Å². The maximum Gasteiger partial charge on any atom is 0.187 e. The largest absolute Gasteiger partial charge is 0.493 e. The molecule has 0 spiro atoms. The maximum absolute atomic E-state index is 5.53. The third-order valence-corrected chi connectivity index (χ3v) is 4.61. The summed E-state index contributed by atoms with van der Waals surface area (Å²) in [5, 5.41) is 0.853. The number of methoxy groups -OCH3 is 2. The van der Waals surface area contributed by atoms with Crippen LogP contribution in [0.15, 0.2) is 29.6 Å². The summed E-state index contributed by atoms with van der Waals surface area (Å²) < 4.78 is 10.9. The Morgan fingerprint density at radius 2 is 2.13 bits per heavy atom. The zero-order valence-corrected chi connectivity index (χ0v) is 14.5. The monoisotopic (exact) mass is 331 g/mol. The van der Waals surface area contributed by atoms with Gasteiger partial charge in [0.05, 0.1) is 19.9 Å². The predicted octanol–water partition coefficient (Wildman–Crippen LogP) is 2.77. The van der Waals surface area contributed by atoms with Crippen molar-refractivity contribution in [1.29, 1.82) is 0 Å². The summed E-state index contributed by atoms with van der Waals surface area (Å²) >= 11 is 1.59. The number of aromatic nitrogens is 2. The summed E-state index contributed by atoms with van der Waals surface area (Å²) in [6.07, 6.45) is 4.92. The van der Waals surface area contributed by atoms with Crippen molar-refractivity contribution < 1.29 is 9.47 Å². The lowest BCUT2D eigenvalue weighted by molar-refractivity contribution is 0.237. The number of rotatable bonds is 5. The zero-order chi connectivity index (χ0) is 16.2. The molecule has 0 bridgehead atoms. The maximum atomic E-state index is 5.53. The first-order valence-corrected chi connectivity index (χ1v) is 8.78. The fourth-order valence-corrected chi connectivity index (χ4v) is 3.27. The molecule has 23 heavy (non-hydrogen) atoms. The second kappa shape index (κ2) is 7.19. The van der Waals surface area contributed by atoms with Crippen LogP contribution in [0.4, 0.5) is 0 Å². The predicted molar refractivity (Wildman–Crippen MR) is 91.2 cm³/mol. The van der Waals surface area contributed by atoms with Crippen LogP contribution in [0, 0.1) is 0 Å². The summed E-state index contributed by atoms with van der Waals surface area (Å²) in [5.41, 5.74) is 3.53. The van der Waals surface area contributed by atoms with Gasteiger partial charge in [0.25, 0.3) is 0 Å². The molecule has 0 saturated heterocycles. The molecule has 1 aliphatic heterocycles. The average molecular weight is 331 g/mol. The normalized spacial score (nSPS) is 14.4. The molecule has 1 aromatic heterocycles. The van der Waals surface area contributed by atoms with Crippen LogP contribution in [0.5, 0.6) is 11.5 Å². The number of hydrogen-bond donors (Lipinski definition) is 0. The summed E-state index contributed by atoms with van der Waals surface area (Å²) in [6.45, 7) is 2.67. The van der Waals surface area contributed by atoms with Crippen molar-refractivity contribution >= 4 is 11.8 Å². The van der Waals surface area contributed by atoms with Crippen molar-refractivity contribution in [3.8, 4) is 11.5 Å². The van der Waals surface area contributed by atoms with E-state index >= 15 is 0 Å². The first kappa shape index (κ1) is 16.1. The summed E-state index contributed by atoms with van der Waals surface area (Å²) in [4.78, 5) is 11.4. The van der Waals surface area contributed by atoms with Crippen molar-refractivity contribution in [2.24, 2.45) is 0 Å². The molecule has 2 heterocycles. The Kier molecular flexibility index (Phi) is 5.03.